The van der Waals surface area contributed by atoms with Gasteiger partial charge in [0.15, 0.2) is 6.23 Å². The fourth-order valence-corrected chi connectivity index (χ4v) is 4.67. The number of imidazole rings is 1. The molecule has 0 amide bonds. The van der Waals surface area contributed by atoms with E-state index >= 15 is 0 Å². The highest BCUT2D eigenvalue weighted by atomic mass is 16.5. The topological polar surface area (TPSA) is 59.6 Å². The molecule has 0 saturated carbocycles. The van der Waals surface area contributed by atoms with Gasteiger partial charge >= 0.3 is 5.69 Å². The number of aromatic hydroxyl groups is 1. The largest absolute Gasteiger partial charge is 0.493 e. The van der Waals surface area contributed by atoms with Crippen molar-refractivity contribution in [3.8, 4) is 11.6 Å². The number of hydrogen-bond acceptors (Lipinski definition) is 4. The first kappa shape index (κ1) is 19.0. The normalized spacial score (nSPS) is 17.6. The lowest BCUT2D eigenvalue weighted by atomic mass is 10.0. The molecule has 0 saturated heterocycles. The Morgan fingerprint density at radius 1 is 1.13 bits per heavy atom. The summed E-state index contributed by atoms with van der Waals surface area (Å²) in [5, 5.41) is 10.5. The van der Waals surface area contributed by atoms with Crippen LogP contribution < -0.4 is 10.4 Å². The van der Waals surface area contributed by atoms with Crippen molar-refractivity contribution in [2.24, 2.45) is 0 Å². The van der Waals surface area contributed by atoms with E-state index in [1.165, 1.54) is 10.1 Å². The fraction of sp³-hybridized carbons (Fsp3) is 0.375. The van der Waals surface area contributed by atoms with Crippen molar-refractivity contribution in [3.63, 3.8) is 0 Å². The fourth-order valence-electron chi connectivity index (χ4n) is 4.67. The minimum Gasteiger partial charge on any atom is -0.493 e. The summed E-state index contributed by atoms with van der Waals surface area (Å²) in [4.78, 5) is 14.8. The number of aromatic nitrogens is 2. The molecular weight excluding hydrogens is 378 g/mol. The van der Waals surface area contributed by atoms with Crippen LogP contribution in [0.15, 0.2) is 53.3 Å². The van der Waals surface area contributed by atoms with Crippen molar-refractivity contribution in [1.29, 1.82) is 0 Å². The molecule has 0 bridgehead atoms. The van der Waals surface area contributed by atoms with Crippen LogP contribution in [0.3, 0.4) is 0 Å². The molecule has 1 N–H and O–H groups in total. The Morgan fingerprint density at radius 3 is 2.83 bits per heavy atom. The molecule has 6 heteroatoms. The smallest absolute Gasteiger partial charge is 0.331 e. The van der Waals surface area contributed by atoms with Gasteiger partial charge in [-0.1, -0.05) is 42.5 Å². The van der Waals surface area contributed by atoms with Crippen LogP contribution in [0.2, 0.25) is 0 Å². The zero-order valence-electron chi connectivity index (χ0n) is 17.3. The third kappa shape index (κ3) is 3.41. The molecule has 156 valence electrons. The Kier molecular flexibility index (Phi) is 4.87. The van der Waals surface area contributed by atoms with Gasteiger partial charge in [-0.05, 0) is 49.1 Å². The maximum absolute atomic E-state index is 12.6. The predicted molar refractivity (Wildman–Crippen MR) is 115 cm³/mol. The summed E-state index contributed by atoms with van der Waals surface area (Å²) in [6.07, 6.45) is 3.72. The second-order valence-electron chi connectivity index (χ2n) is 8.35. The van der Waals surface area contributed by atoms with Gasteiger partial charge in [-0.3, -0.25) is 14.0 Å². The number of ether oxygens (including phenoxy) is 1. The molecule has 3 heterocycles. The minimum atomic E-state index is -0.114. The lowest BCUT2D eigenvalue weighted by Gasteiger charge is -2.33. The van der Waals surface area contributed by atoms with Gasteiger partial charge in [-0.15, -0.1) is 0 Å². The van der Waals surface area contributed by atoms with Crippen LogP contribution in [0.1, 0.15) is 35.2 Å². The highest BCUT2D eigenvalue weighted by Crippen LogP contribution is 2.29. The van der Waals surface area contributed by atoms with Crippen LogP contribution in [-0.2, 0) is 32.5 Å². The maximum Gasteiger partial charge on any atom is 0.331 e. The molecular formula is C24H27N3O3. The molecule has 2 aromatic carbocycles. The first-order valence-electron chi connectivity index (χ1n) is 10.6. The molecule has 0 spiro atoms. The molecule has 0 radical (unpaired) electrons. The Morgan fingerprint density at radius 2 is 1.97 bits per heavy atom. The Labute approximate surface area is 175 Å². The highest BCUT2D eigenvalue weighted by molar-refractivity contribution is 5.35. The Hall–Kier alpha value is -2.99. The molecule has 2 aliphatic heterocycles. The number of rotatable bonds is 5. The average Bonchev–Trinajstić information content (AvgIpc) is 3.33. The number of benzene rings is 2. The molecule has 1 aromatic heterocycles. The van der Waals surface area contributed by atoms with Crippen molar-refractivity contribution in [2.45, 2.75) is 51.5 Å². The van der Waals surface area contributed by atoms with Crippen LogP contribution in [0.25, 0.3) is 0 Å². The first-order valence-corrected chi connectivity index (χ1v) is 10.6. The summed E-state index contributed by atoms with van der Waals surface area (Å²) in [5.41, 5.74) is 4.10. The quantitative estimate of drug-likeness (QED) is 0.709. The predicted octanol–water partition coefficient (Wildman–Crippen LogP) is 3.13. The maximum atomic E-state index is 12.6. The summed E-state index contributed by atoms with van der Waals surface area (Å²) in [6.45, 7) is 1.84. The molecule has 3 aromatic rings. The van der Waals surface area contributed by atoms with Gasteiger partial charge in [-0.2, -0.15) is 0 Å². The van der Waals surface area contributed by atoms with E-state index in [-0.39, 0.29) is 17.8 Å². The van der Waals surface area contributed by atoms with Crippen LogP contribution in [0.5, 0.6) is 11.6 Å². The number of para-hydroxylation sites is 1. The number of aryl methyl sites for hydroxylation is 1. The second-order valence-corrected chi connectivity index (χ2v) is 8.35. The molecule has 1 atom stereocenters. The number of fused-ring (bicyclic) bond motifs is 2. The van der Waals surface area contributed by atoms with Gasteiger partial charge in [0.05, 0.1) is 12.2 Å². The molecule has 0 fully saturated rings. The highest BCUT2D eigenvalue weighted by Gasteiger charge is 2.24. The van der Waals surface area contributed by atoms with Gasteiger partial charge in [0, 0.05) is 19.5 Å². The SMILES string of the molecule is CN(Cc1cccc(Cn2c(O)c3n(c2=O)CCC3)c1)C1CCc2ccccc2O1. The third-order valence-electron chi connectivity index (χ3n) is 6.25. The van der Waals surface area contributed by atoms with E-state index in [4.69, 9.17) is 4.74 Å². The zero-order chi connectivity index (χ0) is 20.7. The summed E-state index contributed by atoms with van der Waals surface area (Å²) in [5.74, 6) is 1.10. The van der Waals surface area contributed by atoms with Crippen LogP contribution in [0.4, 0.5) is 0 Å². The number of hydrogen-bond donors (Lipinski definition) is 1. The Balaban J connectivity index is 1.30. The summed E-state index contributed by atoms with van der Waals surface area (Å²) in [7, 11) is 2.08. The lowest BCUT2D eigenvalue weighted by molar-refractivity contribution is 0.0226. The monoisotopic (exact) mass is 405 g/mol. The standard InChI is InChI=1S/C24H27N3O3/c1-25(22-12-11-19-8-2-3-10-21(19)30-22)15-17-6-4-7-18(14-17)16-27-23(28)20-9-5-13-26(20)24(27)29/h2-4,6-8,10,14,22,28H,5,9,11-13,15-16H2,1H3. The molecule has 30 heavy (non-hydrogen) atoms. The van der Waals surface area contributed by atoms with Crippen molar-refractivity contribution in [3.05, 3.63) is 81.4 Å². The second kappa shape index (κ2) is 7.69. The minimum absolute atomic E-state index is 0.0460. The van der Waals surface area contributed by atoms with E-state index in [2.05, 4.69) is 36.2 Å². The van der Waals surface area contributed by atoms with E-state index in [1.807, 2.05) is 24.3 Å². The van der Waals surface area contributed by atoms with Gasteiger partial charge in [0.2, 0.25) is 5.88 Å². The molecule has 0 aliphatic carbocycles. The molecule has 2 aliphatic rings. The molecule has 1 unspecified atom stereocenters. The number of nitrogens with zero attached hydrogens (tertiary/aromatic N) is 3. The van der Waals surface area contributed by atoms with E-state index in [1.54, 1.807) is 4.57 Å². The van der Waals surface area contributed by atoms with Crippen LogP contribution in [-0.4, -0.2) is 32.4 Å². The van der Waals surface area contributed by atoms with Crippen LogP contribution in [0, 0.1) is 0 Å². The average molecular weight is 405 g/mol. The Bertz CT molecular complexity index is 1130. The third-order valence-corrected chi connectivity index (χ3v) is 6.25. The molecule has 6 nitrogen and oxygen atoms in total. The summed E-state index contributed by atoms with van der Waals surface area (Å²) in [6, 6.07) is 16.5. The van der Waals surface area contributed by atoms with E-state index in [0.717, 1.165) is 54.8 Å². The van der Waals surface area contributed by atoms with Crippen molar-refractivity contribution < 1.29 is 9.84 Å². The zero-order valence-corrected chi connectivity index (χ0v) is 17.3. The van der Waals surface area contributed by atoms with Crippen molar-refractivity contribution >= 4 is 0 Å². The van der Waals surface area contributed by atoms with Gasteiger partial charge in [0.25, 0.3) is 0 Å². The summed E-state index contributed by atoms with van der Waals surface area (Å²) < 4.78 is 9.39. The summed E-state index contributed by atoms with van der Waals surface area (Å²) >= 11 is 0. The first-order chi connectivity index (χ1) is 14.6. The lowest BCUT2D eigenvalue weighted by Crippen LogP contribution is -2.38. The van der Waals surface area contributed by atoms with Gasteiger partial charge in [-0.25, -0.2) is 4.79 Å². The van der Waals surface area contributed by atoms with E-state index in [0.29, 0.717) is 13.1 Å². The van der Waals surface area contributed by atoms with Crippen LogP contribution >= 0.6 is 0 Å². The van der Waals surface area contributed by atoms with Gasteiger partial charge in [0.1, 0.15) is 5.75 Å². The van der Waals surface area contributed by atoms with E-state index in [9.17, 15) is 9.90 Å². The van der Waals surface area contributed by atoms with Crippen molar-refractivity contribution in [2.75, 3.05) is 7.05 Å². The molecule has 5 rings (SSSR count). The van der Waals surface area contributed by atoms with E-state index < -0.39 is 0 Å². The van der Waals surface area contributed by atoms with Crippen molar-refractivity contribution in [1.82, 2.24) is 14.0 Å². The van der Waals surface area contributed by atoms with Gasteiger partial charge < -0.3 is 9.84 Å².